The number of nitrogens with one attached hydrogen (secondary N) is 1. The number of carbonyl (C=O) groups is 1. The highest BCUT2D eigenvalue weighted by Gasteiger charge is 2.29. The van der Waals surface area contributed by atoms with E-state index < -0.39 is 6.10 Å². The Bertz CT molecular complexity index is 474. The highest BCUT2D eigenvalue weighted by atomic mass is 19.1. The molecule has 0 aliphatic carbocycles. The molecule has 1 heterocycles. The van der Waals surface area contributed by atoms with Crippen LogP contribution in [0, 0.1) is 5.82 Å². The van der Waals surface area contributed by atoms with Gasteiger partial charge in [0.2, 0.25) is 6.10 Å². The van der Waals surface area contributed by atoms with Gasteiger partial charge in [0.1, 0.15) is 5.82 Å². The Balaban J connectivity index is 2.00. The van der Waals surface area contributed by atoms with E-state index in [1.165, 1.54) is 6.07 Å². The second-order valence-corrected chi connectivity index (χ2v) is 4.11. The Labute approximate surface area is 105 Å². The standard InChI is InChI=1S/C13H15FN2O2/c1-2-7-15-13(17)12-8-11(16-18-12)9-5-3-4-6-10(9)14/h3-6,12H,2,7-8H2,1H3,(H,15,17)/t12-/m1/s1. The summed E-state index contributed by atoms with van der Waals surface area (Å²) in [5.74, 6) is -0.554. The summed E-state index contributed by atoms with van der Waals surface area (Å²) < 4.78 is 13.5. The summed E-state index contributed by atoms with van der Waals surface area (Å²) in [7, 11) is 0. The van der Waals surface area contributed by atoms with Crippen LogP contribution in [0.1, 0.15) is 25.3 Å². The number of rotatable bonds is 4. The Morgan fingerprint density at radius 1 is 1.56 bits per heavy atom. The summed E-state index contributed by atoms with van der Waals surface area (Å²) in [6, 6.07) is 6.33. The molecule has 0 unspecified atom stereocenters. The normalized spacial score (nSPS) is 18.1. The lowest BCUT2D eigenvalue weighted by molar-refractivity contribution is -0.131. The van der Waals surface area contributed by atoms with E-state index in [-0.39, 0.29) is 11.7 Å². The third-order valence-corrected chi connectivity index (χ3v) is 2.70. The predicted molar refractivity (Wildman–Crippen MR) is 65.7 cm³/mol. The van der Waals surface area contributed by atoms with Crippen LogP contribution in [0.2, 0.25) is 0 Å². The smallest absolute Gasteiger partial charge is 0.264 e. The summed E-state index contributed by atoms with van der Waals surface area (Å²) in [6.07, 6.45) is 0.516. The largest absolute Gasteiger partial charge is 0.382 e. The highest BCUT2D eigenvalue weighted by Crippen LogP contribution is 2.18. The van der Waals surface area contributed by atoms with Crippen LogP contribution in [-0.2, 0) is 9.63 Å². The number of oxime groups is 1. The molecule has 0 saturated carbocycles. The van der Waals surface area contributed by atoms with Gasteiger partial charge in [-0.25, -0.2) is 4.39 Å². The number of amides is 1. The fraction of sp³-hybridized carbons (Fsp3) is 0.385. The maximum atomic E-state index is 13.5. The molecule has 18 heavy (non-hydrogen) atoms. The summed E-state index contributed by atoms with van der Waals surface area (Å²) >= 11 is 0. The van der Waals surface area contributed by atoms with Crippen LogP contribution in [0.25, 0.3) is 0 Å². The van der Waals surface area contributed by atoms with Crippen molar-refractivity contribution in [3.05, 3.63) is 35.6 Å². The first kappa shape index (κ1) is 12.5. The van der Waals surface area contributed by atoms with Gasteiger partial charge >= 0.3 is 0 Å². The fourth-order valence-corrected chi connectivity index (χ4v) is 1.73. The predicted octanol–water partition coefficient (Wildman–Crippen LogP) is 1.84. The van der Waals surface area contributed by atoms with Crippen molar-refractivity contribution < 1.29 is 14.0 Å². The van der Waals surface area contributed by atoms with Crippen molar-refractivity contribution in [3.8, 4) is 0 Å². The van der Waals surface area contributed by atoms with Crippen LogP contribution >= 0.6 is 0 Å². The van der Waals surface area contributed by atoms with Crippen molar-refractivity contribution in [3.63, 3.8) is 0 Å². The van der Waals surface area contributed by atoms with Crippen molar-refractivity contribution in [2.75, 3.05) is 6.54 Å². The number of benzene rings is 1. The Morgan fingerprint density at radius 2 is 2.33 bits per heavy atom. The lowest BCUT2D eigenvalue weighted by atomic mass is 10.0. The van der Waals surface area contributed by atoms with Crippen LogP contribution in [0.15, 0.2) is 29.4 Å². The zero-order chi connectivity index (χ0) is 13.0. The highest BCUT2D eigenvalue weighted by molar-refractivity contribution is 6.04. The molecule has 1 aliphatic rings. The molecule has 1 N–H and O–H groups in total. The van der Waals surface area contributed by atoms with Crippen molar-refractivity contribution in [1.82, 2.24) is 5.32 Å². The van der Waals surface area contributed by atoms with Gasteiger partial charge in [0.25, 0.3) is 5.91 Å². The van der Waals surface area contributed by atoms with Crippen LogP contribution in [0.5, 0.6) is 0 Å². The molecule has 0 radical (unpaired) electrons. The minimum atomic E-state index is -0.647. The van der Waals surface area contributed by atoms with Crippen LogP contribution in [0.4, 0.5) is 4.39 Å². The Hall–Kier alpha value is -1.91. The van der Waals surface area contributed by atoms with Gasteiger partial charge in [-0.1, -0.05) is 30.3 Å². The van der Waals surface area contributed by atoms with E-state index in [1.54, 1.807) is 18.2 Å². The third-order valence-electron chi connectivity index (χ3n) is 2.70. The van der Waals surface area contributed by atoms with Gasteiger partial charge in [0, 0.05) is 18.5 Å². The van der Waals surface area contributed by atoms with E-state index in [9.17, 15) is 9.18 Å². The first-order valence-corrected chi connectivity index (χ1v) is 5.97. The average molecular weight is 250 g/mol. The quantitative estimate of drug-likeness (QED) is 0.886. The molecule has 0 fully saturated rings. The summed E-state index contributed by atoms with van der Waals surface area (Å²) in [4.78, 5) is 16.7. The van der Waals surface area contributed by atoms with Crippen LogP contribution in [-0.4, -0.2) is 24.3 Å². The molecule has 4 nitrogen and oxygen atoms in total. The number of hydrogen-bond acceptors (Lipinski definition) is 3. The Kier molecular flexibility index (Phi) is 3.92. The molecule has 1 aliphatic heterocycles. The maximum Gasteiger partial charge on any atom is 0.264 e. The molecule has 2 rings (SSSR count). The van der Waals surface area contributed by atoms with Gasteiger partial charge in [-0.05, 0) is 12.5 Å². The van der Waals surface area contributed by atoms with Crippen molar-refractivity contribution in [2.24, 2.45) is 5.16 Å². The zero-order valence-electron chi connectivity index (χ0n) is 10.1. The second kappa shape index (κ2) is 5.62. The monoisotopic (exact) mass is 250 g/mol. The van der Waals surface area contributed by atoms with Gasteiger partial charge in [-0.2, -0.15) is 0 Å². The maximum absolute atomic E-state index is 13.5. The summed E-state index contributed by atoms with van der Waals surface area (Å²) in [5.41, 5.74) is 0.869. The molecule has 0 spiro atoms. The SMILES string of the molecule is CCCNC(=O)[C@H]1CC(c2ccccc2F)=NO1. The molecule has 1 aromatic carbocycles. The zero-order valence-corrected chi connectivity index (χ0v) is 10.1. The molecule has 0 aromatic heterocycles. The first-order valence-electron chi connectivity index (χ1n) is 5.97. The van der Waals surface area contributed by atoms with Gasteiger partial charge in [0.05, 0.1) is 5.71 Å². The third kappa shape index (κ3) is 2.67. The molecule has 0 saturated heterocycles. The van der Waals surface area contributed by atoms with E-state index >= 15 is 0 Å². The van der Waals surface area contributed by atoms with Gasteiger partial charge in [0.15, 0.2) is 0 Å². The molecule has 1 amide bonds. The van der Waals surface area contributed by atoms with Gasteiger partial charge in [-0.3, -0.25) is 4.79 Å². The van der Waals surface area contributed by atoms with Crippen molar-refractivity contribution >= 4 is 11.6 Å². The van der Waals surface area contributed by atoms with Crippen molar-refractivity contribution in [1.29, 1.82) is 0 Å². The summed E-state index contributed by atoms with van der Waals surface area (Å²) in [5, 5.41) is 6.52. The topological polar surface area (TPSA) is 50.7 Å². The average Bonchev–Trinajstić information content (AvgIpc) is 2.86. The van der Waals surface area contributed by atoms with Gasteiger partial charge < -0.3 is 10.2 Å². The minimum Gasteiger partial charge on any atom is -0.382 e. The number of carbonyl (C=O) groups excluding carboxylic acids is 1. The molecule has 1 aromatic rings. The Morgan fingerprint density at radius 3 is 3.06 bits per heavy atom. The van der Waals surface area contributed by atoms with Crippen LogP contribution in [0.3, 0.4) is 0 Å². The minimum absolute atomic E-state index is 0.202. The molecular formula is C13H15FN2O2. The van der Waals surface area contributed by atoms with E-state index in [1.807, 2.05) is 6.92 Å². The van der Waals surface area contributed by atoms with Crippen LogP contribution < -0.4 is 5.32 Å². The van der Waals surface area contributed by atoms with E-state index in [0.717, 1.165) is 6.42 Å². The molecule has 96 valence electrons. The molecular weight excluding hydrogens is 235 g/mol. The number of nitrogens with zero attached hydrogens (tertiary/aromatic N) is 1. The molecule has 5 heteroatoms. The number of hydrogen-bond donors (Lipinski definition) is 1. The fourth-order valence-electron chi connectivity index (χ4n) is 1.73. The second-order valence-electron chi connectivity index (χ2n) is 4.11. The number of halogens is 1. The molecule has 0 bridgehead atoms. The van der Waals surface area contributed by atoms with E-state index in [2.05, 4.69) is 10.5 Å². The van der Waals surface area contributed by atoms with E-state index in [4.69, 9.17) is 4.84 Å². The van der Waals surface area contributed by atoms with E-state index in [0.29, 0.717) is 24.2 Å². The summed E-state index contributed by atoms with van der Waals surface area (Å²) in [6.45, 7) is 2.57. The lowest BCUT2D eigenvalue weighted by Gasteiger charge is -2.08. The van der Waals surface area contributed by atoms with Crippen molar-refractivity contribution in [2.45, 2.75) is 25.9 Å². The lowest BCUT2D eigenvalue weighted by Crippen LogP contribution is -2.35. The molecule has 1 atom stereocenters. The first-order chi connectivity index (χ1) is 8.72. The van der Waals surface area contributed by atoms with Gasteiger partial charge in [-0.15, -0.1) is 0 Å².